The van der Waals surface area contributed by atoms with E-state index in [0.717, 1.165) is 12.4 Å². The molecule has 0 bridgehead atoms. The molecule has 3 aromatic rings. The quantitative estimate of drug-likeness (QED) is 0.670. The van der Waals surface area contributed by atoms with Crippen molar-refractivity contribution in [1.82, 2.24) is 4.57 Å². The van der Waals surface area contributed by atoms with Gasteiger partial charge in [0.15, 0.2) is 0 Å². The minimum atomic E-state index is 0.295. The van der Waals surface area contributed by atoms with Crippen LogP contribution in [0.4, 0.5) is 0 Å². The summed E-state index contributed by atoms with van der Waals surface area (Å²) in [7, 11) is 2.10. The van der Waals surface area contributed by atoms with Crippen LogP contribution in [0.25, 0.3) is 21.8 Å². The van der Waals surface area contributed by atoms with Crippen LogP contribution < -0.4 is 4.74 Å². The third-order valence-corrected chi connectivity index (χ3v) is 3.72. The van der Waals surface area contributed by atoms with Gasteiger partial charge in [-0.3, -0.25) is 0 Å². The van der Waals surface area contributed by atoms with E-state index in [1.807, 2.05) is 6.07 Å². The predicted molar refractivity (Wildman–Crippen MR) is 75.7 cm³/mol. The molecule has 0 aliphatic carbocycles. The smallest absolute Gasteiger partial charge is 0.120 e. The third-order valence-electron chi connectivity index (χ3n) is 3.72. The number of hydrogen-bond donors (Lipinski definition) is 0. The summed E-state index contributed by atoms with van der Waals surface area (Å²) in [6.45, 7) is 1.48. The number of benzene rings is 2. The predicted octanol–water partition coefficient (Wildman–Crippen LogP) is 3.11. The first-order chi connectivity index (χ1) is 9.33. The van der Waals surface area contributed by atoms with Gasteiger partial charge in [-0.25, -0.2) is 0 Å². The minimum absolute atomic E-state index is 0.295. The SMILES string of the molecule is Cn1c2ccccc2c2cc(OC[C@H]3CO3)ccc21. The molecule has 2 aromatic carbocycles. The highest BCUT2D eigenvalue weighted by molar-refractivity contribution is 6.08. The molecule has 1 aliphatic heterocycles. The molecule has 2 heterocycles. The van der Waals surface area contributed by atoms with E-state index in [0.29, 0.717) is 12.7 Å². The largest absolute Gasteiger partial charge is 0.491 e. The van der Waals surface area contributed by atoms with Crippen LogP contribution in [0.15, 0.2) is 42.5 Å². The van der Waals surface area contributed by atoms with E-state index in [-0.39, 0.29) is 0 Å². The van der Waals surface area contributed by atoms with Gasteiger partial charge in [-0.15, -0.1) is 0 Å². The first kappa shape index (κ1) is 10.9. The Morgan fingerprint density at radius 1 is 1.16 bits per heavy atom. The highest BCUT2D eigenvalue weighted by Crippen LogP contribution is 2.31. The van der Waals surface area contributed by atoms with Crippen molar-refractivity contribution in [3.8, 4) is 5.75 Å². The standard InChI is InChI=1S/C16H15NO2/c1-17-15-5-3-2-4-13(15)14-8-11(6-7-16(14)17)18-9-12-10-19-12/h2-8,12H,9-10H2,1H3/t12-/m0/s1. The maximum Gasteiger partial charge on any atom is 0.120 e. The second-order valence-electron chi connectivity index (χ2n) is 5.02. The number of epoxide rings is 1. The van der Waals surface area contributed by atoms with Crippen molar-refractivity contribution in [2.75, 3.05) is 13.2 Å². The highest BCUT2D eigenvalue weighted by Gasteiger charge is 2.23. The summed E-state index contributed by atoms with van der Waals surface area (Å²) < 4.78 is 13.1. The van der Waals surface area contributed by atoms with E-state index >= 15 is 0 Å². The summed E-state index contributed by atoms with van der Waals surface area (Å²) in [5.74, 6) is 0.916. The lowest BCUT2D eigenvalue weighted by Gasteiger charge is -2.04. The monoisotopic (exact) mass is 253 g/mol. The van der Waals surface area contributed by atoms with E-state index in [9.17, 15) is 0 Å². The second kappa shape index (κ2) is 4.00. The molecule has 1 fully saturated rings. The Kier molecular flexibility index (Phi) is 2.29. The van der Waals surface area contributed by atoms with E-state index in [1.165, 1.54) is 21.8 Å². The van der Waals surface area contributed by atoms with Crippen molar-refractivity contribution in [3.63, 3.8) is 0 Å². The number of fused-ring (bicyclic) bond motifs is 3. The van der Waals surface area contributed by atoms with Crippen molar-refractivity contribution in [1.29, 1.82) is 0 Å². The zero-order chi connectivity index (χ0) is 12.8. The van der Waals surface area contributed by atoms with Gasteiger partial charge >= 0.3 is 0 Å². The molecule has 0 spiro atoms. The molecule has 1 saturated heterocycles. The van der Waals surface area contributed by atoms with Gasteiger partial charge < -0.3 is 14.0 Å². The van der Waals surface area contributed by atoms with Crippen molar-refractivity contribution in [2.24, 2.45) is 7.05 Å². The molecule has 1 aliphatic rings. The van der Waals surface area contributed by atoms with Crippen molar-refractivity contribution in [3.05, 3.63) is 42.5 Å². The summed E-state index contributed by atoms with van der Waals surface area (Å²) in [4.78, 5) is 0. The average molecular weight is 253 g/mol. The van der Waals surface area contributed by atoms with E-state index < -0.39 is 0 Å². The van der Waals surface area contributed by atoms with Gasteiger partial charge in [-0.05, 0) is 24.3 Å². The lowest BCUT2D eigenvalue weighted by molar-refractivity contribution is 0.263. The Morgan fingerprint density at radius 2 is 1.95 bits per heavy atom. The summed E-state index contributed by atoms with van der Waals surface area (Å²) in [5, 5.41) is 2.51. The Labute approximate surface area is 111 Å². The van der Waals surface area contributed by atoms with E-state index in [2.05, 4.69) is 48.0 Å². The normalized spacial score (nSPS) is 18.1. The first-order valence-corrected chi connectivity index (χ1v) is 6.54. The molecule has 1 aromatic heterocycles. The van der Waals surface area contributed by atoms with Gasteiger partial charge in [-0.2, -0.15) is 0 Å². The fraction of sp³-hybridized carbons (Fsp3) is 0.250. The number of aromatic nitrogens is 1. The summed E-state index contributed by atoms with van der Waals surface area (Å²) in [6, 6.07) is 14.7. The van der Waals surface area contributed by atoms with E-state index in [1.54, 1.807) is 0 Å². The zero-order valence-electron chi connectivity index (χ0n) is 10.8. The minimum Gasteiger partial charge on any atom is -0.491 e. The van der Waals surface area contributed by atoms with Crippen LogP contribution in [-0.4, -0.2) is 23.9 Å². The van der Waals surface area contributed by atoms with Crippen molar-refractivity contribution in [2.45, 2.75) is 6.10 Å². The Bertz CT molecular complexity index is 756. The zero-order valence-corrected chi connectivity index (χ0v) is 10.8. The van der Waals surface area contributed by atoms with Crippen molar-refractivity contribution >= 4 is 21.8 Å². The van der Waals surface area contributed by atoms with Gasteiger partial charge in [0.25, 0.3) is 0 Å². The number of ether oxygens (including phenoxy) is 2. The maximum absolute atomic E-state index is 5.76. The average Bonchev–Trinajstić information content (AvgIpc) is 3.24. The molecular weight excluding hydrogens is 238 g/mol. The maximum atomic E-state index is 5.76. The molecule has 19 heavy (non-hydrogen) atoms. The molecule has 96 valence electrons. The van der Waals surface area contributed by atoms with Crippen LogP contribution in [0.1, 0.15) is 0 Å². The number of rotatable bonds is 3. The van der Waals surface area contributed by atoms with Gasteiger partial charge in [0, 0.05) is 28.9 Å². The van der Waals surface area contributed by atoms with Gasteiger partial charge in [0.05, 0.1) is 6.61 Å². The van der Waals surface area contributed by atoms with Crippen LogP contribution in [-0.2, 0) is 11.8 Å². The number of hydrogen-bond acceptors (Lipinski definition) is 2. The van der Waals surface area contributed by atoms with Crippen LogP contribution in [0.5, 0.6) is 5.75 Å². The highest BCUT2D eigenvalue weighted by atomic mass is 16.6. The molecule has 1 atom stereocenters. The summed E-state index contributed by atoms with van der Waals surface area (Å²) >= 11 is 0. The molecule has 0 radical (unpaired) electrons. The fourth-order valence-corrected chi connectivity index (χ4v) is 2.59. The lowest BCUT2D eigenvalue weighted by Crippen LogP contribution is -2.03. The topological polar surface area (TPSA) is 26.7 Å². The number of nitrogens with zero attached hydrogens (tertiary/aromatic N) is 1. The second-order valence-corrected chi connectivity index (χ2v) is 5.02. The fourth-order valence-electron chi connectivity index (χ4n) is 2.59. The van der Waals surface area contributed by atoms with Crippen LogP contribution in [0.2, 0.25) is 0 Å². The lowest BCUT2D eigenvalue weighted by atomic mass is 10.1. The van der Waals surface area contributed by atoms with Gasteiger partial charge in [0.2, 0.25) is 0 Å². The number of aryl methyl sites for hydroxylation is 1. The van der Waals surface area contributed by atoms with Gasteiger partial charge in [0.1, 0.15) is 18.5 Å². The van der Waals surface area contributed by atoms with Crippen LogP contribution in [0, 0.1) is 0 Å². The van der Waals surface area contributed by atoms with Crippen LogP contribution >= 0.6 is 0 Å². The first-order valence-electron chi connectivity index (χ1n) is 6.54. The van der Waals surface area contributed by atoms with Gasteiger partial charge in [-0.1, -0.05) is 18.2 Å². The number of para-hydroxylation sites is 1. The molecule has 3 heteroatoms. The molecule has 4 rings (SSSR count). The Morgan fingerprint density at radius 3 is 2.79 bits per heavy atom. The molecular formula is C16H15NO2. The molecule has 0 N–H and O–H groups in total. The van der Waals surface area contributed by atoms with E-state index in [4.69, 9.17) is 9.47 Å². The third kappa shape index (κ3) is 1.78. The molecule has 0 amide bonds. The Balaban J connectivity index is 1.84. The van der Waals surface area contributed by atoms with Crippen molar-refractivity contribution < 1.29 is 9.47 Å². The molecule has 0 unspecified atom stereocenters. The summed E-state index contributed by atoms with van der Waals surface area (Å²) in [5.41, 5.74) is 2.48. The Hall–Kier alpha value is -2.00. The molecule has 0 saturated carbocycles. The molecule has 3 nitrogen and oxygen atoms in total. The van der Waals surface area contributed by atoms with Crippen LogP contribution in [0.3, 0.4) is 0 Å². The summed E-state index contributed by atoms with van der Waals surface area (Å²) in [6.07, 6.45) is 0.295.